The van der Waals surface area contributed by atoms with Crippen LogP contribution in [0.1, 0.15) is 47.0 Å². The molecule has 1 amide bonds. The zero-order chi connectivity index (χ0) is 14.2. The van der Waals surface area contributed by atoms with Crippen LogP contribution >= 0.6 is 15.9 Å². The van der Waals surface area contributed by atoms with E-state index in [0.717, 1.165) is 19.3 Å². The summed E-state index contributed by atoms with van der Waals surface area (Å²) in [5, 5.41) is 3.12. The van der Waals surface area contributed by atoms with Gasteiger partial charge in [0.1, 0.15) is 11.4 Å². The van der Waals surface area contributed by atoms with Gasteiger partial charge in [0.05, 0.1) is 5.33 Å². The second kappa shape index (κ2) is 8.51. The molecular weight excluding hydrogens is 298 g/mol. The zero-order valence-electron chi connectivity index (χ0n) is 11.7. The molecule has 0 spiro atoms. The Hall–Kier alpha value is -0.580. The van der Waals surface area contributed by atoms with E-state index >= 15 is 0 Å². The number of amides is 1. The number of alkyl halides is 1. The van der Waals surface area contributed by atoms with Crippen molar-refractivity contribution in [2.75, 3.05) is 11.9 Å². The third kappa shape index (κ3) is 9.45. The number of Topliss-reactive ketones (excluding diaryl/α,β-unsaturated/α-hetero) is 1. The van der Waals surface area contributed by atoms with Gasteiger partial charge in [-0.15, -0.1) is 0 Å². The number of hydrogen-bond donors (Lipinski definition) is 1. The van der Waals surface area contributed by atoms with Crippen LogP contribution in [-0.4, -0.2) is 29.4 Å². The summed E-state index contributed by atoms with van der Waals surface area (Å²) in [6, 6.07) is 0. The molecule has 0 aromatic carbocycles. The van der Waals surface area contributed by atoms with Crippen LogP contribution in [0.4, 0.5) is 4.79 Å². The number of rotatable bonds is 7. The van der Waals surface area contributed by atoms with Crippen molar-refractivity contribution in [2.24, 2.45) is 5.92 Å². The van der Waals surface area contributed by atoms with E-state index in [1.54, 1.807) is 0 Å². The highest BCUT2D eigenvalue weighted by Crippen LogP contribution is 2.10. The van der Waals surface area contributed by atoms with E-state index < -0.39 is 5.60 Å². The van der Waals surface area contributed by atoms with Crippen LogP contribution in [0.5, 0.6) is 0 Å². The predicted molar refractivity (Wildman–Crippen MR) is 76.1 cm³/mol. The van der Waals surface area contributed by atoms with Crippen LogP contribution in [0, 0.1) is 5.92 Å². The van der Waals surface area contributed by atoms with Gasteiger partial charge >= 0.3 is 6.09 Å². The van der Waals surface area contributed by atoms with Crippen LogP contribution in [0.2, 0.25) is 0 Å². The molecule has 0 fully saturated rings. The van der Waals surface area contributed by atoms with Crippen LogP contribution < -0.4 is 5.32 Å². The molecule has 0 heterocycles. The van der Waals surface area contributed by atoms with E-state index in [2.05, 4.69) is 21.2 Å². The van der Waals surface area contributed by atoms with Gasteiger partial charge in [-0.3, -0.25) is 4.79 Å². The van der Waals surface area contributed by atoms with Crippen molar-refractivity contribution in [1.29, 1.82) is 0 Å². The van der Waals surface area contributed by atoms with Crippen molar-refractivity contribution in [1.82, 2.24) is 5.32 Å². The van der Waals surface area contributed by atoms with E-state index in [0.29, 0.717) is 11.9 Å². The molecule has 5 heteroatoms. The van der Waals surface area contributed by atoms with E-state index in [1.165, 1.54) is 0 Å². The van der Waals surface area contributed by atoms with Crippen molar-refractivity contribution in [3.8, 4) is 0 Å². The number of carbonyl (C=O) groups is 2. The normalized spacial score (nSPS) is 12.9. The molecule has 1 unspecified atom stereocenters. The summed E-state index contributed by atoms with van der Waals surface area (Å²) in [4.78, 5) is 22.6. The monoisotopic (exact) mass is 321 g/mol. The van der Waals surface area contributed by atoms with Gasteiger partial charge in [-0.2, -0.15) is 0 Å². The lowest BCUT2D eigenvalue weighted by Crippen LogP contribution is -2.33. The van der Waals surface area contributed by atoms with Crippen LogP contribution in [0.3, 0.4) is 0 Å². The molecular formula is C13H24BrNO3. The lowest BCUT2D eigenvalue weighted by atomic mass is 10.0. The molecule has 0 aromatic heterocycles. The number of alkyl carbamates (subject to hydrolysis) is 1. The number of nitrogens with one attached hydrogen (secondary N) is 1. The number of ketones is 1. The van der Waals surface area contributed by atoms with Crippen molar-refractivity contribution in [3.63, 3.8) is 0 Å². The molecule has 0 aliphatic rings. The Labute approximate surface area is 118 Å². The molecule has 106 valence electrons. The predicted octanol–water partition coefficient (Wildman–Crippen LogP) is 3.28. The van der Waals surface area contributed by atoms with Crippen molar-refractivity contribution in [2.45, 2.75) is 52.6 Å². The lowest BCUT2D eigenvalue weighted by Gasteiger charge is -2.19. The largest absolute Gasteiger partial charge is 0.444 e. The molecule has 1 atom stereocenters. The molecule has 18 heavy (non-hydrogen) atoms. The Morgan fingerprint density at radius 3 is 2.39 bits per heavy atom. The summed E-state index contributed by atoms with van der Waals surface area (Å²) < 4.78 is 5.11. The molecule has 4 nitrogen and oxygen atoms in total. The second-order valence-electron chi connectivity index (χ2n) is 5.43. The number of unbranched alkanes of at least 4 members (excludes halogenated alkanes) is 1. The summed E-state index contributed by atoms with van der Waals surface area (Å²) in [7, 11) is 0. The molecule has 0 aliphatic carbocycles. The topological polar surface area (TPSA) is 55.4 Å². The van der Waals surface area contributed by atoms with Gasteiger partial charge in [-0.1, -0.05) is 29.3 Å². The van der Waals surface area contributed by atoms with E-state index in [9.17, 15) is 9.59 Å². The smallest absolute Gasteiger partial charge is 0.407 e. The Balaban J connectivity index is 3.57. The van der Waals surface area contributed by atoms with Gasteiger partial charge in [0, 0.05) is 12.5 Å². The highest BCUT2D eigenvalue weighted by Gasteiger charge is 2.15. The van der Waals surface area contributed by atoms with Gasteiger partial charge < -0.3 is 10.1 Å². The Morgan fingerprint density at radius 2 is 1.89 bits per heavy atom. The molecule has 1 N–H and O–H groups in total. The maximum atomic E-state index is 11.3. The van der Waals surface area contributed by atoms with Crippen LogP contribution in [0.15, 0.2) is 0 Å². The number of hydrogen-bond acceptors (Lipinski definition) is 3. The van der Waals surface area contributed by atoms with E-state index in [4.69, 9.17) is 4.74 Å². The standard InChI is InChI=1S/C13H24BrNO3/c1-10(11(16)9-14)7-5-6-8-15-12(17)18-13(2,3)4/h10H,5-9H2,1-4H3,(H,15,17). The number of carbonyl (C=O) groups excluding carboxylic acids is 2. The molecule has 0 rings (SSSR count). The first-order valence-corrected chi connectivity index (χ1v) is 7.44. The highest BCUT2D eigenvalue weighted by molar-refractivity contribution is 9.09. The van der Waals surface area contributed by atoms with Crippen LogP contribution in [-0.2, 0) is 9.53 Å². The molecule has 0 bridgehead atoms. The third-order valence-corrected chi connectivity index (χ3v) is 2.97. The average molecular weight is 322 g/mol. The lowest BCUT2D eigenvalue weighted by molar-refractivity contribution is -0.119. The Morgan fingerprint density at radius 1 is 1.28 bits per heavy atom. The summed E-state index contributed by atoms with van der Waals surface area (Å²) >= 11 is 3.16. The average Bonchev–Trinajstić information content (AvgIpc) is 2.24. The maximum absolute atomic E-state index is 11.3. The second-order valence-corrected chi connectivity index (χ2v) is 5.99. The van der Waals surface area contributed by atoms with Crippen molar-refractivity contribution >= 4 is 27.8 Å². The minimum atomic E-state index is -0.457. The fourth-order valence-electron chi connectivity index (χ4n) is 1.37. The van der Waals surface area contributed by atoms with Crippen molar-refractivity contribution < 1.29 is 14.3 Å². The molecule has 0 saturated heterocycles. The van der Waals surface area contributed by atoms with Gasteiger partial charge in [-0.05, 0) is 33.6 Å². The maximum Gasteiger partial charge on any atom is 0.407 e. The first-order valence-electron chi connectivity index (χ1n) is 6.32. The summed E-state index contributed by atoms with van der Waals surface area (Å²) in [5.74, 6) is 0.320. The molecule has 0 radical (unpaired) electrons. The minimum Gasteiger partial charge on any atom is -0.444 e. The van der Waals surface area contributed by atoms with Gasteiger partial charge in [0.25, 0.3) is 0 Å². The van der Waals surface area contributed by atoms with Gasteiger partial charge in [0.15, 0.2) is 0 Å². The zero-order valence-corrected chi connectivity index (χ0v) is 13.3. The Kier molecular flexibility index (Phi) is 8.24. The first kappa shape index (κ1) is 17.4. The van der Waals surface area contributed by atoms with E-state index in [1.807, 2.05) is 27.7 Å². The minimum absolute atomic E-state index is 0.0888. The number of ether oxygens (including phenoxy) is 1. The summed E-state index contributed by atoms with van der Waals surface area (Å²) in [6.07, 6.45) is 2.27. The molecule has 0 saturated carbocycles. The fourth-order valence-corrected chi connectivity index (χ4v) is 1.93. The molecule has 0 aliphatic heterocycles. The SMILES string of the molecule is CC(CCCCNC(=O)OC(C)(C)C)C(=O)CBr. The summed E-state index contributed by atoms with van der Waals surface area (Å²) in [5.41, 5.74) is -0.457. The number of halogens is 1. The fraction of sp³-hybridized carbons (Fsp3) is 0.846. The summed E-state index contributed by atoms with van der Waals surface area (Å²) in [6.45, 7) is 8.02. The van der Waals surface area contributed by atoms with E-state index in [-0.39, 0.29) is 17.8 Å². The van der Waals surface area contributed by atoms with Gasteiger partial charge in [-0.25, -0.2) is 4.79 Å². The third-order valence-electron chi connectivity index (χ3n) is 2.41. The quantitative estimate of drug-likeness (QED) is 0.578. The van der Waals surface area contributed by atoms with Crippen molar-refractivity contribution in [3.05, 3.63) is 0 Å². The first-order chi connectivity index (χ1) is 8.26. The van der Waals surface area contributed by atoms with Gasteiger partial charge in [0.2, 0.25) is 0 Å². The highest BCUT2D eigenvalue weighted by atomic mass is 79.9. The van der Waals surface area contributed by atoms with Crippen LogP contribution in [0.25, 0.3) is 0 Å². The Bertz CT molecular complexity index is 274. The molecule has 0 aromatic rings.